The third kappa shape index (κ3) is 3.11. The number of pyridine rings is 1. The van der Waals surface area contributed by atoms with Crippen molar-refractivity contribution in [3.63, 3.8) is 0 Å². The van der Waals surface area contributed by atoms with E-state index < -0.39 is 0 Å². The van der Waals surface area contributed by atoms with Crippen LogP contribution >= 0.6 is 0 Å². The van der Waals surface area contributed by atoms with E-state index in [0.717, 1.165) is 11.1 Å². The summed E-state index contributed by atoms with van der Waals surface area (Å²) in [7, 11) is 0. The molecule has 0 saturated heterocycles. The van der Waals surface area contributed by atoms with Crippen LogP contribution in [0.3, 0.4) is 0 Å². The number of hydrogen-bond donors (Lipinski definition) is 0. The number of aryl methyl sites for hydroxylation is 1. The lowest BCUT2D eigenvalue weighted by molar-refractivity contribution is 0.104. The number of nitrogens with zero attached hydrogens (tertiary/aromatic N) is 1. The predicted molar refractivity (Wildman–Crippen MR) is 68.8 cm³/mol. The second-order valence-electron chi connectivity index (χ2n) is 3.85. The Morgan fingerprint density at radius 1 is 1.24 bits per heavy atom. The van der Waals surface area contributed by atoms with Gasteiger partial charge in [0.1, 0.15) is 0 Å². The summed E-state index contributed by atoms with van der Waals surface area (Å²) in [4.78, 5) is 15.8. The Bertz CT molecular complexity index is 544. The maximum absolute atomic E-state index is 11.9. The van der Waals surface area contributed by atoms with E-state index >= 15 is 0 Å². The normalized spacial score (nSPS) is 10.6. The first-order chi connectivity index (χ1) is 8.25. The SMILES string of the molecule is Cc1cccc(C(=O)C=Cc2cccnc2)c1. The molecule has 0 N–H and O–H groups in total. The molecule has 0 saturated carbocycles. The number of allylic oxidation sites excluding steroid dienone is 1. The second kappa shape index (κ2) is 5.21. The molecular formula is C15H13NO. The third-order valence-corrected chi connectivity index (χ3v) is 2.41. The van der Waals surface area contributed by atoms with Crippen LogP contribution in [0.5, 0.6) is 0 Å². The van der Waals surface area contributed by atoms with Gasteiger partial charge >= 0.3 is 0 Å². The van der Waals surface area contributed by atoms with Crippen molar-refractivity contribution in [1.82, 2.24) is 4.98 Å². The summed E-state index contributed by atoms with van der Waals surface area (Å²) in [5.41, 5.74) is 2.73. The predicted octanol–water partition coefficient (Wildman–Crippen LogP) is 3.29. The molecule has 0 spiro atoms. The highest BCUT2D eigenvalue weighted by atomic mass is 16.1. The maximum Gasteiger partial charge on any atom is 0.185 e. The van der Waals surface area contributed by atoms with Gasteiger partial charge in [0, 0.05) is 18.0 Å². The molecule has 1 aromatic carbocycles. The molecular weight excluding hydrogens is 210 g/mol. The number of ketones is 1. The van der Waals surface area contributed by atoms with E-state index in [1.54, 1.807) is 24.5 Å². The number of hydrogen-bond acceptors (Lipinski definition) is 2. The zero-order valence-electron chi connectivity index (χ0n) is 9.63. The van der Waals surface area contributed by atoms with Crippen LogP contribution in [-0.4, -0.2) is 10.8 Å². The van der Waals surface area contributed by atoms with Crippen LogP contribution < -0.4 is 0 Å². The fourth-order valence-electron chi connectivity index (χ4n) is 1.54. The lowest BCUT2D eigenvalue weighted by atomic mass is 10.1. The van der Waals surface area contributed by atoms with Gasteiger partial charge in [0.15, 0.2) is 5.78 Å². The molecule has 2 heteroatoms. The van der Waals surface area contributed by atoms with Crippen molar-refractivity contribution >= 4 is 11.9 Å². The van der Waals surface area contributed by atoms with E-state index in [1.165, 1.54) is 0 Å². The Labute approximate surface area is 101 Å². The number of benzene rings is 1. The Hall–Kier alpha value is -2.22. The fraction of sp³-hybridized carbons (Fsp3) is 0.0667. The summed E-state index contributed by atoms with van der Waals surface area (Å²) in [5, 5.41) is 0. The van der Waals surface area contributed by atoms with Gasteiger partial charge in [-0.05, 0) is 36.8 Å². The molecule has 0 aliphatic carbocycles. The highest BCUT2D eigenvalue weighted by molar-refractivity contribution is 6.06. The quantitative estimate of drug-likeness (QED) is 0.590. The first kappa shape index (κ1) is 11.3. The number of carbonyl (C=O) groups is 1. The van der Waals surface area contributed by atoms with Crippen molar-refractivity contribution in [3.8, 4) is 0 Å². The van der Waals surface area contributed by atoms with Crippen molar-refractivity contribution in [1.29, 1.82) is 0 Å². The molecule has 17 heavy (non-hydrogen) atoms. The van der Waals surface area contributed by atoms with Crippen molar-refractivity contribution in [3.05, 3.63) is 71.6 Å². The van der Waals surface area contributed by atoms with Gasteiger partial charge in [0.2, 0.25) is 0 Å². The molecule has 2 aromatic rings. The lowest BCUT2D eigenvalue weighted by Crippen LogP contribution is -1.94. The molecule has 0 fully saturated rings. The smallest absolute Gasteiger partial charge is 0.185 e. The standard InChI is InChI=1S/C15H13NO/c1-12-4-2-6-14(10-12)15(17)8-7-13-5-3-9-16-11-13/h2-11H,1H3. The average molecular weight is 223 g/mol. The van der Waals surface area contributed by atoms with Gasteiger partial charge in [-0.25, -0.2) is 0 Å². The van der Waals surface area contributed by atoms with E-state index in [0.29, 0.717) is 5.56 Å². The van der Waals surface area contributed by atoms with Crippen molar-refractivity contribution in [2.45, 2.75) is 6.92 Å². The Kier molecular flexibility index (Phi) is 3.46. The van der Waals surface area contributed by atoms with Gasteiger partial charge in [0.05, 0.1) is 0 Å². The van der Waals surface area contributed by atoms with Crippen molar-refractivity contribution in [2.24, 2.45) is 0 Å². The highest BCUT2D eigenvalue weighted by Gasteiger charge is 2.00. The number of aromatic nitrogens is 1. The summed E-state index contributed by atoms with van der Waals surface area (Å²) in [6.45, 7) is 1.97. The Morgan fingerprint density at radius 2 is 2.12 bits per heavy atom. The lowest BCUT2D eigenvalue weighted by Gasteiger charge is -1.97. The molecule has 1 heterocycles. The monoisotopic (exact) mass is 223 g/mol. The summed E-state index contributed by atoms with van der Waals surface area (Å²) in [5.74, 6) is 0.0116. The minimum absolute atomic E-state index is 0.0116. The maximum atomic E-state index is 11.9. The van der Waals surface area contributed by atoms with Crippen LogP contribution in [-0.2, 0) is 0 Å². The molecule has 84 valence electrons. The zero-order chi connectivity index (χ0) is 12.1. The van der Waals surface area contributed by atoms with Gasteiger partial charge < -0.3 is 0 Å². The largest absolute Gasteiger partial charge is 0.289 e. The molecule has 0 unspecified atom stereocenters. The number of rotatable bonds is 3. The zero-order valence-corrected chi connectivity index (χ0v) is 9.63. The molecule has 0 amide bonds. The molecule has 2 nitrogen and oxygen atoms in total. The molecule has 0 aliphatic rings. The van der Waals surface area contributed by atoms with Gasteiger partial charge in [-0.1, -0.05) is 29.8 Å². The highest BCUT2D eigenvalue weighted by Crippen LogP contribution is 2.07. The summed E-state index contributed by atoms with van der Waals surface area (Å²) in [6, 6.07) is 11.3. The van der Waals surface area contributed by atoms with Gasteiger partial charge in [-0.2, -0.15) is 0 Å². The average Bonchev–Trinajstić information content (AvgIpc) is 2.37. The molecule has 0 radical (unpaired) electrons. The van der Waals surface area contributed by atoms with Gasteiger partial charge in [-0.3, -0.25) is 9.78 Å². The van der Waals surface area contributed by atoms with Gasteiger partial charge in [-0.15, -0.1) is 0 Å². The second-order valence-corrected chi connectivity index (χ2v) is 3.85. The minimum atomic E-state index is 0.0116. The molecule has 2 rings (SSSR count). The van der Waals surface area contributed by atoms with Crippen LogP contribution in [0.25, 0.3) is 6.08 Å². The van der Waals surface area contributed by atoms with E-state index in [2.05, 4.69) is 4.98 Å². The summed E-state index contributed by atoms with van der Waals surface area (Å²) in [6.07, 6.45) is 6.78. The molecule has 0 aliphatic heterocycles. The first-order valence-electron chi connectivity index (χ1n) is 5.45. The fourth-order valence-corrected chi connectivity index (χ4v) is 1.54. The van der Waals surface area contributed by atoms with Crippen LogP contribution in [0.15, 0.2) is 54.9 Å². The molecule has 0 atom stereocenters. The van der Waals surface area contributed by atoms with Crippen LogP contribution in [0, 0.1) is 6.92 Å². The third-order valence-electron chi connectivity index (χ3n) is 2.41. The minimum Gasteiger partial charge on any atom is -0.289 e. The Morgan fingerprint density at radius 3 is 2.82 bits per heavy atom. The van der Waals surface area contributed by atoms with Crippen molar-refractivity contribution in [2.75, 3.05) is 0 Å². The first-order valence-corrected chi connectivity index (χ1v) is 5.45. The van der Waals surface area contributed by atoms with Crippen LogP contribution in [0.4, 0.5) is 0 Å². The van der Waals surface area contributed by atoms with Gasteiger partial charge in [0.25, 0.3) is 0 Å². The van der Waals surface area contributed by atoms with E-state index in [9.17, 15) is 4.79 Å². The van der Waals surface area contributed by atoms with E-state index in [4.69, 9.17) is 0 Å². The molecule has 0 bridgehead atoms. The molecule has 1 aromatic heterocycles. The van der Waals surface area contributed by atoms with E-state index in [-0.39, 0.29) is 5.78 Å². The van der Waals surface area contributed by atoms with Crippen LogP contribution in [0.1, 0.15) is 21.5 Å². The summed E-state index contributed by atoms with van der Waals surface area (Å²) < 4.78 is 0. The Balaban J connectivity index is 2.15. The topological polar surface area (TPSA) is 30.0 Å². The number of carbonyl (C=O) groups excluding carboxylic acids is 1. The summed E-state index contributed by atoms with van der Waals surface area (Å²) >= 11 is 0. The van der Waals surface area contributed by atoms with Crippen LogP contribution in [0.2, 0.25) is 0 Å². The van der Waals surface area contributed by atoms with E-state index in [1.807, 2.05) is 43.3 Å². The van der Waals surface area contributed by atoms with Crippen molar-refractivity contribution < 1.29 is 4.79 Å².